The monoisotopic (exact) mass is 406 g/mol. The van der Waals surface area contributed by atoms with Crippen LogP contribution in [0.4, 0.5) is 0 Å². The number of imidazole rings is 1. The Morgan fingerprint density at radius 3 is 2.60 bits per heavy atom. The van der Waals surface area contributed by atoms with E-state index in [0.29, 0.717) is 23.8 Å². The van der Waals surface area contributed by atoms with Crippen LogP contribution in [0.25, 0.3) is 5.65 Å². The molecule has 1 aliphatic heterocycles. The second-order valence-corrected chi connectivity index (χ2v) is 8.43. The molecule has 6 nitrogen and oxygen atoms in total. The molecule has 3 heterocycles. The van der Waals surface area contributed by atoms with Gasteiger partial charge >= 0.3 is 0 Å². The molecule has 0 unspecified atom stereocenters. The van der Waals surface area contributed by atoms with Gasteiger partial charge in [0, 0.05) is 45.1 Å². The summed E-state index contributed by atoms with van der Waals surface area (Å²) in [5.74, 6) is 1.30. The second kappa shape index (κ2) is 8.88. The zero-order valence-corrected chi connectivity index (χ0v) is 18.0. The third-order valence-corrected chi connectivity index (χ3v) is 5.50. The molecule has 3 aromatic rings. The van der Waals surface area contributed by atoms with E-state index >= 15 is 0 Å². The third-order valence-electron chi connectivity index (χ3n) is 5.50. The van der Waals surface area contributed by atoms with Crippen molar-refractivity contribution in [3.8, 4) is 5.75 Å². The molecule has 4 rings (SSSR count). The van der Waals surface area contributed by atoms with Gasteiger partial charge in [0.05, 0.1) is 11.3 Å². The Kier molecular flexibility index (Phi) is 6.04. The predicted octanol–water partition coefficient (Wildman–Crippen LogP) is 3.64. The molecule has 6 heteroatoms. The van der Waals surface area contributed by atoms with Gasteiger partial charge in [-0.1, -0.05) is 32.0 Å². The van der Waals surface area contributed by atoms with Gasteiger partial charge in [-0.25, -0.2) is 4.98 Å². The van der Waals surface area contributed by atoms with Crippen LogP contribution in [0.15, 0.2) is 48.8 Å². The van der Waals surface area contributed by atoms with E-state index in [1.165, 1.54) is 0 Å². The lowest BCUT2D eigenvalue weighted by Gasteiger charge is -2.35. The zero-order valence-electron chi connectivity index (χ0n) is 18.0. The molecule has 1 amide bonds. The van der Waals surface area contributed by atoms with E-state index in [4.69, 9.17) is 4.74 Å². The average Bonchev–Trinajstić information content (AvgIpc) is 3.17. The first-order valence-corrected chi connectivity index (χ1v) is 10.7. The highest BCUT2D eigenvalue weighted by molar-refractivity contribution is 5.97. The van der Waals surface area contributed by atoms with E-state index in [1.807, 2.05) is 65.0 Å². The van der Waals surface area contributed by atoms with E-state index in [2.05, 4.69) is 23.7 Å². The number of carbonyl (C=O) groups excluding carboxylic acids is 1. The highest BCUT2D eigenvalue weighted by Gasteiger charge is 2.24. The normalized spacial score (nSPS) is 15.1. The van der Waals surface area contributed by atoms with Gasteiger partial charge in [0.15, 0.2) is 0 Å². The maximum Gasteiger partial charge on any atom is 0.257 e. The quantitative estimate of drug-likeness (QED) is 0.627. The maximum atomic E-state index is 13.2. The largest absolute Gasteiger partial charge is 0.486 e. The van der Waals surface area contributed by atoms with Crippen LogP contribution in [-0.4, -0.2) is 57.8 Å². The lowest BCUT2D eigenvalue weighted by molar-refractivity contribution is 0.0619. The number of amides is 1. The summed E-state index contributed by atoms with van der Waals surface area (Å²) in [6.07, 6.45) is 3.95. The van der Waals surface area contributed by atoms with Gasteiger partial charge in [0.1, 0.15) is 18.0 Å². The summed E-state index contributed by atoms with van der Waals surface area (Å²) in [6, 6.07) is 11.6. The number of aromatic nitrogens is 2. The SMILES string of the molecule is Cc1cccn2cc(COc3ccccc3C(=O)N3CCN(CC(C)C)CC3)nc12. The summed E-state index contributed by atoms with van der Waals surface area (Å²) in [6.45, 7) is 11.3. The van der Waals surface area contributed by atoms with Crippen molar-refractivity contribution in [2.24, 2.45) is 5.92 Å². The summed E-state index contributed by atoms with van der Waals surface area (Å²) >= 11 is 0. The van der Waals surface area contributed by atoms with Crippen LogP contribution in [0.5, 0.6) is 5.75 Å². The molecule has 1 saturated heterocycles. The van der Waals surface area contributed by atoms with Crippen molar-refractivity contribution in [3.05, 3.63) is 65.6 Å². The van der Waals surface area contributed by atoms with Gasteiger partial charge in [0.25, 0.3) is 5.91 Å². The van der Waals surface area contributed by atoms with Gasteiger partial charge in [0.2, 0.25) is 0 Å². The maximum absolute atomic E-state index is 13.2. The van der Waals surface area contributed by atoms with Crippen molar-refractivity contribution in [3.63, 3.8) is 0 Å². The minimum Gasteiger partial charge on any atom is -0.486 e. The highest BCUT2D eigenvalue weighted by atomic mass is 16.5. The first-order chi connectivity index (χ1) is 14.5. The number of para-hydroxylation sites is 1. The minimum absolute atomic E-state index is 0.0423. The molecule has 0 spiro atoms. The topological polar surface area (TPSA) is 50.1 Å². The standard InChI is InChI=1S/C24H30N4O2/c1-18(2)15-26-11-13-27(14-12-26)24(29)21-8-4-5-9-22(21)30-17-20-16-28-10-6-7-19(3)23(28)25-20/h4-10,16,18H,11-15,17H2,1-3H3. The van der Waals surface area contributed by atoms with Gasteiger partial charge in [-0.2, -0.15) is 0 Å². The minimum atomic E-state index is 0.0423. The van der Waals surface area contributed by atoms with Gasteiger partial charge in [-0.15, -0.1) is 0 Å². The van der Waals surface area contributed by atoms with Crippen molar-refractivity contribution in [2.75, 3.05) is 32.7 Å². The number of carbonyl (C=O) groups is 1. The molecule has 0 atom stereocenters. The lowest BCUT2D eigenvalue weighted by atomic mass is 10.1. The Bertz CT molecular complexity index is 1020. The van der Waals surface area contributed by atoms with Crippen molar-refractivity contribution in [1.82, 2.24) is 19.2 Å². The van der Waals surface area contributed by atoms with Crippen LogP contribution in [-0.2, 0) is 6.61 Å². The molecular weight excluding hydrogens is 376 g/mol. The number of nitrogens with zero attached hydrogens (tertiary/aromatic N) is 4. The smallest absolute Gasteiger partial charge is 0.257 e. The fourth-order valence-electron chi connectivity index (χ4n) is 4.02. The number of hydrogen-bond acceptors (Lipinski definition) is 4. The molecule has 1 aromatic carbocycles. The van der Waals surface area contributed by atoms with Crippen LogP contribution in [0.2, 0.25) is 0 Å². The van der Waals surface area contributed by atoms with E-state index in [0.717, 1.165) is 49.6 Å². The van der Waals surface area contributed by atoms with E-state index in [9.17, 15) is 4.79 Å². The van der Waals surface area contributed by atoms with E-state index in [1.54, 1.807) is 0 Å². The Balaban J connectivity index is 1.43. The zero-order chi connectivity index (χ0) is 21.1. The Hall–Kier alpha value is -2.86. The molecule has 0 saturated carbocycles. The molecule has 1 fully saturated rings. The summed E-state index contributed by atoms with van der Waals surface area (Å²) in [5.41, 5.74) is 3.51. The summed E-state index contributed by atoms with van der Waals surface area (Å²) in [5, 5.41) is 0. The number of piperazine rings is 1. The molecule has 0 aliphatic carbocycles. The van der Waals surface area contributed by atoms with Gasteiger partial charge < -0.3 is 14.0 Å². The lowest BCUT2D eigenvalue weighted by Crippen LogP contribution is -2.49. The van der Waals surface area contributed by atoms with Crippen molar-refractivity contribution in [2.45, 2.75) is 27.4 Å². The van der Waals surface area contributed by atoms with Crippen molar-refractivity contribution >= 4 is 11.6 Å². The predicted molar refractivity (Wildman–Crippen MR) is 118 cm³/mol. The molecule has 158 valence electrons. The van der Waals surface area contributed by atoms with Crippen LogP contribution in [0.3, 0.4) is 0 Å². The third kappa shape index (κ3) is 4.49. The Morgan fingerprint density at radius 2 is 1.87 bits per heavy atom. The van der Waals surface area contributed by atoms with E-state index in [-0.39, 0.29) is 5.91 Å². The van der Waals surface area contributed by atoms with Gasteiger partial charge in [-0.3, -0.25) is 9.69 Å². The molecule has 30 heavy (non-hydrogen) atoms. The summed E-state index contributed by atoms with van der Waals surface area (Å²) in [4.78, 5) is 22.2. The molecular formula is C24H30N4O2. The highest BCUT2D eigenvalue weighted by Crippen LogP contribution is 2.22. The number of fused-ring (bicyclic) bond motifs is 1. The fraction of sp³-hybridized carbons (Fsp3) is 0.417. The Morgan fingerprint density at radius 1 is 1.10 bits per heavy atom. The molecule has 0 radical (unpaired) electrons. The number of pyridine rings is 1. The second-order valence-electron chi connectivity index (χ2n) is 8.43. The molecule has 1 aliphatic rings. The van der Waals surface area contributed by atoms with Crippen LogP contribution < -0.4 is 4.74 Å². The van der Waals surface area contributed by atoms with Crippen molar-refractivity contribution < 1.29 is 9.53 Å². The van der Waals surface area contributed by atoms with Gasteiger partial charge in [-0.05, 0) is 36.6 Å². The molecule has 0 N–H and O–H groups in total. The van der Waals surface area contributed by atoms with Crippen molar-refractivity contribution in [1.29, 1.82) is 0 Å². The van der Waals surface area contributed by atoms with Crippen LogP contribution >= 0.6 is 0 Å². The first-order valence-electron chi connectivity index (χ1n) is 10.7. The number of aryl methyl sites for hydroxylation is 1. The van der Waals surface area contributed by atoms with Crippen LogP contribution in [0.1, 0.15) is 35.5 Å². The number of hydrogen-bond donors (Lipinski definition) is 0. The van der Waals surface area contributed by atoms with Crippen LogP contribution in [0, 0.1) is 12.8 Å². The number of rotatable bonds is 6. The molecule has 0 bridgehead atoms. The summed E-state index contributed by atoms with van der Waals surface area (Å²) in [7, 11) is 0. The Labute approximate surface area is 178 Å². The first kappa shape index (κ1) is 20.4. The number of benzene rings is 1. The van der Waals surface area contributed by atoms with E-state index < -0.39 is 0 Å². The number of ether oxygens (including phenoxy) is 1. The fourth-order valence-corrected chi connectivity index (χ4v) is 4.02. The molecule has 2 aromatic heterocycles. The summed E-state index contributed by atoms with van der Waals surface area (Å²) < 4.78 is 8.05. The average molecular weight is 407 g/mol.